The fraction of sp³-hybridized carbons (Fsp3) is 0.357. The molecule has 0 aliphatic carbocycles. The molecule has 3 heterocycles. The Balaban J connectivity index is 1.92. The summed E-state index contributed by atoms with van der Waals surface area (Å²) in [6.45, 7) is 3.28. The lowest BCUT2D eigenvalue weighted by molar-refractivity contribution is 0.172. The van der Waals surface area contributed by atoms with Crippen LogP contribution in [-0.2, 0) is 0 Å². The molecule has 1 N–H and O–H groups in total. The van der Waals surface area contributed by atoms with Crippen LogP contribution in [0.4, 0.5) is 0 Å². The zero-order valence-corrected chi connectivity index (χ0v) is 9.98. The van der Waals surface area contributed by atoms with Crippen molar-refractivity contribution in [2.75, 3.05) is 26.3 Å². The minimum atomic E-state index is 0.524. The van der Waals surface area contributed by atoms with E-state index in [0.29, 0.717) is 19.1 Å². The Hall–Kier alpha value is -1.81. The number of pyridine rings is 1. The van der Waals surface area contributed by atoms with E-state index in [0.717, 1.165) is 24.6 Å². The largest absolute Gasteiger partial charge is 0.486 e. The molecule has 1 fully saturated rings. The first-order chi connectivity index (χ1) is 8.92. The molecule has 2 aliphatic heterocycles. The highest BCUT2D eigenvalue weighted by Gasteiger charge is 2.23. The summed E-state index contributed by atoms with van der Waals surface area (Å²) < 4.78 is 11.3. The highest BCUT2D eigenvalue weighted by molar-refractivity contribution is 5.88. The van der Waals surface area contributed by atoms with Gasteiger partial charge in [-0.25, -0.2) is 0 Å². The number of aromatic nitrogens is 1. The molecule has 0 bridgehead atoms. The van der Waals surface area contributed by atoms with Gasteiger partial charge >= 0.3 is 0 Å². The van der Waals surface area contributed by atoms with Crippen molar-refractivity contribution in [2.24, 2.45) is 0 Å². The Morgan fingerprint density at radius 1 is 1.11 bits per heavy atom. The first kappa shape index (κ1) is 10.1. The van der Waals surface area contributed by atoms with Gasteiger partial charge in [-0.05, 0) is 23.6 Å². The van der Waals surface area contributed by atoms with Crippen LogP contribution in [0.25, 0.3) is 10.8 Å². The molecule has 2 aliphatic rings. The van der Waals surface area contributed by atoms with Gasteiger partial charge in [0.25, 0.3) is 0 Å². The van der Waals surface area contributed by atoms with E-state index in [2.05, 4.69) is 22.4 Å². The van der Waals surface area contributed by atoms with E-state index < -0.39 is 0 Å². The van der Waals surface area contributed by atoms with Crippen LogP contribution in [0.1, 0.15) is 11.6 Å². The maximum atomic E-state index is 5.65. The second-order valence-corrected chi connectivity index (χ2v) is 4.77. The number of benzene rings is 1. The number of nitrogens with zero attached hydrogens (tertiary/aromatic N) is 1. The van der Waals surface area contributed by atoms with E-state index in [1.165, 1.54) is 16.5 Å². The third kappa shape index (κ3) is 1.46. The lowest BCUT2D eigenvalue weighted by Crippen LogP contribution is -2.40. The van der Waals surface area contributed by atoms with Gasteiger partial charge in [0, 0.05) is 30.6 Å². The number of hydrogen-bond donors (Lipinski definition) is 1. The van der Waals surface area contributed by atoms with Gasteiger partial charge in [-0.15, -0.1) is 0 Å². The van der Waals surface area contributed by atoms with Crippen LogP contribution in [0, 0.1) is 0 Å². The third-order valence-electron chi connectivity index (χ3n) is 3.63. The molecule has 0 amide bonds. The van der Waals surface area contributed by atoms with Crippen molar-refractivity contribution < 1.29 is 9.47 Å². The number of ether oxygens (including phenoxy) is 2. The van der Waals surface area contributed by atoms with Crippen LogP contribution in [0.15, 0.2) is 24.4 Å². The summed E-state index contributed by atoms with van der Waals surface area (Å²) in [6.07, 6.45) is 1.88. The van der Waals surface area contributed by atoms with Gasteiger partial charge in [0.05, 0.1) is 5.69 Å². The molecule has 18 heavy (non-hydrogen) atoms. The Kier molecular flexibility index (Phi) is 2.17. The number of rotatable bonds is 1. The van der Waals surface area contributed by atoms with Gasteiger partial charge in [0.1, 0.15) is 13.2 Å². The molecule has 0 radical (unpaired) electrons. The first-order valence-corrected chi connectivity index (χ1v) is 6.31. The van der Waals surface area contributed by atoms with Crippen molar-refractivity contribution in [1.29, 1.82) is 0 Å². The summed E-state index contributed by atoms with van der Waals surface area (Å²) in [5.41, 5.74) is 1.17. The molecule has 2 aromatic rings. The molecular weight excluding hydrogens is 228 g/mol. The lowest BCUT2D eigenvalue weighted by atomic mass is 9.94. The highest BCUT2D eigenvalue weighted by atomic mass is 16.6. The maximum Gasteiger partial charge on any atom is 0.162 e. The summed E-state index contributed by atoms with van der Waals surface area (Å²) in [7, 11) is 0. The average Bonchev–Trinajstić information content (AvgIpc) is 2.35. The molecular formula is C14H14N2O2. The summed E-state index contributed by atoms with van der Waals surface area (Å²) in [5.74, 6) is 2.21. The maximum absolute atomic E-state index is 5.65. The van der Waals surface area contributed by atoms with E-state index >= 15 is 0 Å². The van der Waals surface area contributed by atoms with Crippen molar-refractivity contribution >= 4 is 10.8 Å². The zero-order chi connectivity index (χ0) is 11.9. The molecule has 4 nitrogen and oxygen atoms in total. The molecule has 4 rings (SSSR count). The summed E-state index contributed by atoms with van der Waals surface area (Å²) in [6, 6.07) is 6.16. The SMILES string of the molecule is c1cc2cc3c(cc2c(C2CNC2)n1)OCCO3. The second kappa shape index (κ2) is 3.85. The third-order valence-corrected chi connectivity index (χ3v) is 3.63. The predicted molar refractivity (Wildman–Crippen MR) is 68.3 cm³/mol. The first-order valence-electron chi connectivity index (χ1n) is 6.31. The number of hydrogen-bond acceptors (Lipinski definition) is 4. The standard InChI is InChI=1S/C14H14N2O2/c1-2-16-14(10-7-15-8-10)11-6-13-12(5-9(1)11)17-3-4-18-13/h1-2,5-6,10,15H,3-4,7-8H2. The van der Waals surface area contributed by atoms with Gasteiger partial charge < -0.3 is 14.8 Å². The highest BCUT2D eigenvalue weighted by Crippen LogP contribution is 2.37. The summed E-state index contributed by atoms with van der Waals surface area (Å²) in [5, 5.41) is 5.66. The van der Waals surface area contributed by atoms with Crippen LogP contribution in [-0.4, -0.2) is 31.3 Å². The van der Waals surface area contributed by atoms with Crippen LogP contribution in [0.3, 0.4) is 0 Å². The predicted octanol–water partition coefficient (Wildman–Crippen LogP) is 1.69. The van der Waals surface area contributed by atoms with Gasteiger partial charge in [-0.1, -0.05) is 0 Å². The summed E-state index contributed by atoms with van der Waals surface area (Å²) in [4.78, 5) is 4.54. The Bertz CT molecular complexity index is 608. The minimum absolute atomic E-state index is 0.524. The molecule has 4 heteroatoms. The van der Waals surface area contributed by atoms with Crippen molar-refractivity contribution in [2.45, 2.75) is 5.92 Å². The van der Waals surface area contributed by atoms with E-state index in [-0.39, 0.29) is 0 Å². The second-order valence-electron chi connectivity index (χ2n) is 4.77. The fourth-order valence-corrected chi connectivity index (χ4v) is 2.54. The van der Waals surface area contributed by atoms with E-state index in [4.69, 9.17) is 9.47 Å². The monoisotopic (exact) mass is 242 g/mol. The van der Waals surface area contributed by atoms with Crippen LogP contribution in [0.5, 0.6) is 11.5 Å². The quantitative estimate of drug-likeness (QED) is 0.826. The van der Waals surface area contributed by atoms with Crippen LogP contribution >= 0.6 is 0 Å². The molecule has 92 valence electrons. The van der Waals surface area contributed by atoms with Gasteiger partial charge in [-0.3, -0.25) is 4.98 Å². The Morgan fingerprint density at radius 3 is 2.61 bits per heavy atom. The topological polar surface area (TPSA) is 43.4 Å². The molecule has 1 saturated heterocycles. The van der Waals surface area contributed by atoms with Gasteiger partial charge in [0.2, 0.25) is 0 Å². The Morgan fingerprint density at radius 2 is 1.89 bits per heavy atom. The van der Waals surface area contributed by atoms with E-state index in [9.17, 15) is 0 Å². The molecule has 0 unspecified atom stereocenters. The number of nitrogens with one attached hydrogen (secondary N) is 1. The van der Waals surface area contributed by atoms with E-state index in [1.54, 1.807) is 0 Å². The molecule has 0 saturated carbocycles. The van der Waals surface area contributed by atoms with Crippen molar-refractivity contribution in [3.63, 3.8) is 0 Å². The van der Waals surface area contributed by atoms with Crippen molar-refractivity contribution in [1.82, 2.24) is 10.3 Å². The average molecular weight is 242 g/mol. The van der Waals surface area contributed by atoms with Crippen LogP contribution in [0.2, 0.25) is 0 Å². The summed E-state index contributed by atoms with van der Waals surface area (Å²) >= 11 is 0. The molecule has 1 aromatic carbocycles. The fourth-order valence-electron chi connectivity index (χ4n) is 2.54. The molecule has 1 aromatic heterocycles. The molecule has 0 spiro atoms. The van der Waals surface area contributed by atoms with E-state index in [1.807, 2.05) is 12.3 Å². The molecule has 0 atom stereocenters. The van der Waals surface area contributed by atoms with Crippen molar-refractivity contribution in [3.8, 4) is 11.5 Å². The Labute approximate surface area is 105 Å². The van der Waals surface area contributed by atoms with Gasteiger partial charge in [0.15, 0.2) is 11.5 Å². The zero-order valence-electron chi connectivity index (χ0n) is 9.98. The minimum Gasteiger partial charge on any atom is -0.486 e. The smallest absolute Gasteiger partial charge is 0.162 e. The normalized spacial score (nSPS) is 18.7. The van der Waals surface area contributed by atoms with Crippen molar-refractivity contribution in [3.05, 3.63) is 30.1 Å². The van der Waals surface area contributed by atoms with Crippen LogP contribution < -0.4 is 14.8 Å². The number of fused-ring (bicyclic) bond motifs is 2. The lowest BCUT2D eigenvalue weighted by Gasteiger charge is -2.28. The van der Waals surface area contributed by atoms with Gasteiger partial charge in [-0.2, -0.15) is 0 Å².